The van der Waals surface area contributed by atoms with Crippen LogP contribution in [0.1, 0.15) is 11.1 Å². The van der Waals surface area contributed by atoms with Gasteiger partial charge in [0.25, 0.3) is 0 Å². The maximum atomic E-state index is 12.8. The van der Waals surface area contributed by atoms with Crippen molar-refractivity contribution in [2.75, 3.05) is 0 Å². The van der Waals surface area contributed by atoms with Gasteiger partial charge >= 0.3 is 214 Å². The summed E-state index contributed by atoms with van der Waals surface area (Å²) in [6.07, 6.45) is -8.69. The molecule has 35 heavy (non-hydrogen) atoms. The summed E-state index contributed by atoms with van der Waals surface area (Å²) < 4.78 is 81.3. The Labute approximate surface area is 213 Å². The fourth-order valence-corrected chi connectivity index (χ4v) is 9.21. The summed E-state index contributed by atoms with van der Waals surface area (Å²) in [5, 5.41) is 0. The van der Waals surface area contributed by atoms with Gasteiger partial charge in [0.2, 0.25) is 0 Å². The second-order valence-corrected chi connectivity index (χ2v) is 13.3. The zero-order valence-electron chi connectivity index (χ0n) is 17.6. The SMILES string of the molecule is FC(F)(F)c1ccc(-c2ccc(-c3ccc(-c4ccc(-c5ccc(C(F)(F)F)cc5)[se]4)s3)[se]2)cc1. The average Bonchev–Trinajstić information content (AvgIpc) is 3.58. The summed E-state index contributed by atoms with van der Waals surface area (Å²) in [6, 6.07) is 22.7. The fraction of sp³-hybridized carbons (Fsp3) is 0.0769. The molecule has 0 aliphatic carbocycles. The molecule has 0 atom stereocenters. The maximum absolute atomic E-state index is 12.8. The van der Waals surface area contributed by atoms with Crippen LogP contribution in [-0.2, 0) is 12.4 Å². The van der Waals surface area contributed by atoms with Gasteiger partial charge in [-0.25, -0.2) is 0 Å². The molecule has 3 aromatic heterocycles. The Kier molecular flexibility index (Phi) is 6.49. The molecule has 0 unspecified atom stereocenters. The Bertz CT molecular complexity index is 1340. The summed E-state index contributed by atoms with van der Waals surface area (Å²) in [5.41, 5.74) is 0.292. The first kappa shape index (κ1) is 24.4. The van der Waals surface area contributed by atoms with Crippen LogP contribution in [0, 0.1) is 0 Å². The molecule has 0 aliphatic rings. The average molecular weight is 630 g/mol. The van der Waals surface area contributed by atoms with Gasteiger partial charge in [-0.2, -0.15) is 0 Å². The normalized spacial score (nSPS) is 12.3. The van der Waals surface area contributed by atoms with Crippen LogP contribution in [0.15, 0.2) is 84.9 Å². The summed E-state index contributed by atoms with van der Waals surface area (Å²) in [5.74, 6) is 0. The predicted molar refractivity (Wildman–Crippen MR) is 130 cm³/mol. The van der Waals surface area contributed by atoms with Crippen molar-refractivity contribution in [2.24, 2.45) is 0 Å². The molecule has 0 saturated carbocycles. The van der Waals surface area contributed by atoms with Gasteiger partial charge in [0, 0.05) is 0 Å². The molecule has 9 heteroatoms. The zero-order valence-corrected chi connectivity index (χ0v) is 21.8. The van der Waals surface area contributed by atoms with E-state index in [-0.39, 0.29) is 29.0 Å². The van der Waals surface area contributed by atoms with Crippen molar-refractivity contribution in [2.45, 2.75) is 12.4 Å². The van der Waals surface area contributed by atoms with E-state index in [1.165, 1.54) is 33.1 Å². The Balaban J connectivity index is 1.34. The molecule has 2 aromatic carbocycles. The number of halogens is 6. The van der Waals surface area contributed by atoms with Crippen molar-refractivity contribution >= 4 is 40.3 Å². The number of benzene rings is 2. The van der Waals surface area contributed by atoms with Crippen molar-refractivity contribution in [3.8, 4) is 38.6 Å². The van der Waals surface area contributed by atoms with E-state index in [1.807, 2.05) is 24.3 Å². The monoisotopic (exact) mass is 632 g/mol. The summed E-state index contributed by atoms with van der Waals surface area (Å²) in [7, 11) is 0. The van der Waals surface area contributed by atoms with Crippen LogP contribution in [0.25, 0.3) is 38.6 Å². The first-order valence-electron chi connectivity index (χ1n) is 10.2. The molecule has 0 spiro atoms. The molecular formula is C26H14F6SSe2. The van der Waals surface area contributed by atoms with Crippen molar-refractivity contribution in [1.82, 2.24) is 0 Å². The molecule has 0 amide bonds. The van der Waals surface area contributed by atoms with Gasteiger partial charge in [-0.1, -0.05) is 0 Å². The minimum atomic E-state index is -4.35. The molecule has 0 nitrogen and oxygen atoms in total. The van der Waals surface area contributed by atoms with Crippen molar-refractivity contribution in [1.29, 1.82) is 0 Å². The van der Waals surface area contributed by atoms with Gasteiger partial charge in [0.1, 0.15) is 0 Å². The van der Waals surface area contributed by atoms with E-state index >= 15 is 0 Å². The van der Waals surface area contributed by atoms with Crippen LogP contribution in [0.5, 0.6) is 0 Å². The summed E-state index contributed by atoms with van der Waals surface area (Å²) >= 11 is 1.64. The van der Waals surface area contributed by atoms with E-state index in [9.17, 15) is 26.3 Å². The van der Waals surface area contributed by atoms with Gasteiger partial charge in [0.15, 0.2) is 0 Å². The molecule has 5 aromatic rings. The third kappa shape index (κ3) is 5.30. The molecule has 0 aliphatic heterocycles. The molecular weight excluding hydrogens is 616 g/mol. The first-order valence-corrected chi connectivity index (χ1v) is 14.5. The number of hydrogen-bond donors (Lipinski definition) is 0. The Morgan fingerprint density at radius 2 is 0.771 bits per heavy atom. The van der Waals surface area contributed by atoms with E-state index in [4.69, 9.17) is 0 Å². The topological polar surface area (TPSA) is 0 Å². The Hall–Kier alpha value is -2.28. The summed E-state index contributed by atoms with van der Waals surface area (Å²) in [6.45, 7) is 0. The molecule has 0 saturated heterocycles. The molecule has 0 bridgehead atoms. The molecule has 0 N–H and O–H groups in total. The van der Waals surface area contributed by atoms with Crippen LogP contribution in [-0.4, -0.2) is 29.0 Å². The van der Waals surface area contributed by atoms with Crippen LogP contribution < -0.4 is 0 Å². The minimum absolute atomic E-state index is 0.0132. The summed E-state index contributed by atoms with van der Waals surface area (Å²) in [4.78, 5) is 2.25. The third-order valence-electron chi connectivity index (χ3n) is 5.30. The second-order valence-electron chi connectivity index (χ2n) is 7.64. The Morgan fingerprint density at radius 1 is 0.429 bits per heavy atom. The van der Waals surface area contributed by atoms with Crippen molar-refractivity contribution in [3.05, 3.63) is 96.1 Å². The second kappa shape index (κ2) is 9.30. The number of alkyl halides is 6. The van der Waals surface area contributed by atoms with Gasteiger partial charge in [-0.15, -0.1) is 0 Å². The Morgan fingerprint density at radius 3 is 1.11 bits per heavy atom. The number of hydrogen-bond acceptors (Lipinski definition) is 1. The van der Waals surface area contributed by atoms with Gasteiger partial charge in [0.05, 0.1) is 0 Å². The van der Waals surface area contributed by atoms with E-state index in [2.05, 4.69) is 12.1 Å². The van der Waals surface area contributed by atoms with Crippen LogP contribution in [0.3, 0.4) is 0 Å². The number of thiophene rings is 1. The van der Waals surface area contributed by atoms with Crippen LogP contribution in [0.4, 0.5) is 26.3 Å². The third-order valence-corrected chi connectivity index (χ3v) is 11.9. The molecule has 178 valence electrons. The quantitative estimate of drug-likeness (QED) is 0.138. The standard InChI is InChI=1S/C26H14F6SSe2/c27-25(28,29)17-5-1-15(2-6-17)21-11-13-23(34-21)19-9-10-20(33-19)24-14-12-22(35-24)16-3-7-18(8-4-16)26(30,31)32/h1-14H. The molecule has 0 radical (unpaired) electrons. The molecule has 5 rings (SSSR count). The molecule has 3 heterocycles. The first-order chi connectivity index (χ1) is 16.6. The van der Waals surface area contributed by atoms with E-state index < -0.39 is 23.5 Å². The van der Waals surface area contributed by atoms with E-state index in [0.717, 1.165) is 54.0 Å². The number of rotatable bonds is 4. The van der Waals surface area contributed by atoms with Gasteiger partial charge < -0.3 is 0 Å². The molecule has 0 fully saturated rings. The van der Waals surface area contributed by atoms with Crippen LogP contribution in [0.2, 0.25) is 0 Å². The zero-order chi connectivity index (χ0) is 24.8. The van der Waals surface area contributed by atoms with Crippen molar-refractivity contribution in [3.63, 3.8) is 0 Å². The van der Waals surface area contributed by atoms with E-state index in [0.29, 0.717) is 0 Å². The van der Waals surface area contributed by atoms with E-state index in [1.54, 1.807) is 11.3 Å². The predicted octanol–water partition coefficient (Wildman–Crippen LogP) is 8.57. The van der Waals surface area contributed by atoms with Crippen LogP contribution >= 0.6 is 11.3 Å². The van der Waals surface area contributed by atoms with Crippen molar-refractivity contribution < 1.29 is 26.3 Å². The van der Waals surface area contributed by atoms with Gasteiger partial charge in [-0.05, 0) is 0 Å². The fourth-order valence-electron chi connectivity index (χ4n) is 3.50. The van der Waals surface area contributed by atoms with Gasteiger partial charge in [-0.3, -0.25) is 0 Å².